The summed E-state index contributed by atoms with van der Waals surface area (Å²) >= 11 is 0. The van der Waals surface area contributed by atoms with Gasteiger partial charge in [0.15, 0.2) is 0 Å². The Morgan fingerprint density at radius 1 is 1.25 bits per heavy atom. The summed E-state index contributed by atoms with van der Waals surface area (Å²) in [5, 5.41) is 0. The molecule has 1 N–H and O–H groups in total. The average molecular weight is 296 g/mol. The molecule has 108 valence electrons. The molecule has 0 amide bonds. The van der Waals surface area contributed by atoms with Crippen LogP contribution in [0.5, 0.6) is 0 Å². The van der Waals surface area contributed by atoms with E-state index in [2.05, 4.69) is 4.72 Å². The van der Waals surface area contributed by atoms with E-state index in [9.17, 15) is 12.8 Å². The van der Waals surface area contributed by atoms with E-state index in [1.165, 1.54) is 12.1 Å². The Bertz CT molecular complexity index is 680. The fraction of sp³-hybridized carbons (Fsp3) is 0.286. The highest BCUT2D eigenvalue weighted by Gasteiger charge is 2.08. The zero-order chi connectivity index (χ0) is 14.6. The SMILES string of the molecule is CCS(=O)(=O)NCc1cccn1Cc1cccc(F)c1. The van der Waals surface area contributed by atoms with Crippen LogP contribution in [-0.2, 0) is 23.1 Å². The van der Waals surface area contributed by atoms with Crippen molar-refractivity contribution in [1.29, 1.82) is 0 Å². The summed E-state index contributed by atoms with van der Waals surface area (Å²) in [6.07, 6.45) is 1.85. The van der Waals surface area contributed by atoms with Gasteiger partial charge in [0.05, 0.1) is 12.3 Å². The third-order valence-corrected chi connectivity index (χ3v) is 4.36. The van der Waals surface area contributed by atoms with Crippen molar-refractivity contribution in [3.63, 3.8) is 0 Å². The standard InChI is InChI=1S/C14H17FN2O2S/c1-2-20(18,19)16-10-14-7-4-8-17(14)11-12-5-3-6-13(15)9-12/h3-9,16H,2,10-11H2,1H3. The number of benzene rings is 1. The Labute approximate surface area is 118 Å². The van der Waals surface area contributed by atoms with Gasteiger partial charge in [0.25, 0.3) is 0 Å². The van der Waals surface area contributed by atoms with Crippen molar-refractivity contribution in [3.8, 4) is 0 Å². The molecule has 0 radical (unpaired) electrons. The van der Waals surface area contributed by atoms with Gasteiger partial charge >= 0.3 is 0 Å². The number of hydrogen-bond donors (Lipinski definition) is 1. The summed E-state index contributed by atoms with van der Waals surface area (Å²) in [5.41, 5.74) is 1.67. The summed E-state index contributed by atoms with van der Waals surface area (Å²) in [6, 6.07) is 10.1. The quantitative estimate of drug-likeness (QED) is 0.887. The van der Waals surface area contributed by atoms with E-state index in [1.54, 1.807) is 13.0 Å². The van der Waals surface area contributed by atoms with Crippen LogP contribution in [0.1, 0.15) is 18.2 Å². The first-order chi connectivity index (χ1) is 9.50. The topological polar surface area (TPSA) is 51.1 Å². The summed E-state index contributed by atoms with van der Waals surface area (Å²) in [5.74, 6) is -0.222. The number of hydrogen-bond acceptors (Lipinski definition) is 2. The van der Waals surface area contributed by atoms with E-state index < -0.39 is 10.0 Å². The van der Waals surface area contributed by atoms with Gasteiger partial charge in [-0.3, -0.25) is 0 Å². The van der Waals surface area contributed by atoms with E-state index in [4.69, 9.17) is 0 Å². The Morgan fingerprint density at radius 3 is 2.75 bits per heavy atom. The average Bonchev–Trinajstić information content (AvgIpc) is 2.84. The molecule has 0 aliphatic carbocycles. The minimum atomic E-state index is -3.22. The zero-order valence-electron chi connectivity index (χ0n) is 11.2. The van der Waals surface area contributed by atoms with Crippen LogP contribution < -0.4 is 4.72 Å². The normalized spacial score (nSPS) is 11.7. The maximum atomic E-state index is 13.1. The van der Waals surface area contributed by atoms with Gasteiger partial charge in [0, 0.05) is 18.4 Å². The van der Waals surface area contributed by atoms with E-state index in [0.29, 0.717) is 6.54 Å². The highest BCUT2D eigenvalue weighted by atomic mass is 32.2. The van der Waals surface area contributed by atoms with E-state index >= 15 is 0 Å². The van der Waals surface area contributed by atoms with Crippen molar-refractivity contribution in [2.45, 2.75) is 20.0 Å². The number of nitrogens with one attached hydrogen (secondary N) is 1. The van der Waals surface area contributed by atoms with Crippen molar-refractivity contribution < 1.29 is 12.8 Å². The monoisotopic (exact) mass is 296 g/mol. The molecule has 0 aliphatic rings. The molecular weight excluding hydrogens is 279 g/mol. The van der Waals surface area contributed by atoms with E-state index in [0.717, 1.165) is 11.3 Å². The van der Waals surface area contributed by atoms with Gasteiger partial charge in [-0.15, -0.1) is 0 Å². The van der Waals surface area contributed by atoms with E-state index in [-0.39, 0.29) is 18.1 Å². The number of sulfonamides is 1. The Kier molecular flexibility index (Phi) is 4.57. The van der Waals surface area contributed by atoms with Crippen LogP contribution in [0, 0.1) is 5.82 Å². The van der Waals surface area contributed by atoms with Crippen LogP contribution >= 0.6 is 0 Å². The molecule has 0 atom stereocenters. The van der Waals surface area contributed by atoms with Crippen LogP contribution in [0.3, 0.4) is 0 Å². The van der Waals surface area contributed by atoms with Crippen LogP contribution in [-0.4, -0.2) is 18.7 Å². The minimum Gasteiger partial charge on any atom is -0.346 e. The molecule has 20 heavy (non-hydrogen) atoms. The van der Waals surface area contributed by atoms with Crippen molar-refractivity contribution >= 4 is 10.0 Å². The highest BCUT2D eigenvalue weighted by Crippen LogP contribution is 2.09. The van der Waals surface area contributed by atoms with Crippen molar-refractivity contribution in [2.24, 2.45) is 0 Å². The Balaban J connectivity index is 2.09. The lowest BCUT2D eigenvalue weighted by Gasteiger charge is -2.10. The first-order valence-electron chi connectivity index (χ1n) is 6.36. The molecule has 0 saturated heterocycles. The molecule has 0 aliphatic heterocycles. The second-order valence-electron chi connectivity index (χ2n) is 4.48. The molecule has 0 saturated carbocycles. The van der Waals surface area contributed by atoms with Crippen LogP contribution in [0.4, 0.5) is 4.39 Å². The smallest absolute Gasteiger partial charge is 0.211 e. The third kappa shape index (κ3) is 3.91. The van der Waals surface area contributed by atoms with Crippen LogP contribution in [0.2, 0.25) is 0 Å². The van der Waals surface area contributed by atoms with Crippen LogP contribution in [0.25, 0.3) is 0 Å². The molecule has 4 nitrogen and oxygen atoms in total. The Hall–Kier alpha value is -1.66. The summed E-state index contributed by atoms with van der Waals surface area (Å²) in [6.45, 7) is 2.33. The fourth-order valence-corrected chi connectivity index (χ4v) is 2.45. The molecule has 0 spiro atoms. The van der Waals surface area contributed by atoms with Gasteiger partial charge in [0.1, 0.15) is 5.82 Å². The largest absolute Gasteiger partial charge is 0.346 e. The number of aromatic nitrogens is 1. The number of nitrogens with zero attached hydrogens (tertiary/aromatic N) is 1. The van der Waals surface area contributed by atoms with Crippen LogP contribution in [0.15, 0.2) is 42.6 Å². The van der Waals surface area contributed by atoms with Gasteiger partial charge in [-0.05, 0) is 36.8 Å². The van der Waals surface area contributed by atoms with Gasteiger partial charge in [-0.2, -0.15) is 0 Å². The first-order valence-corrected chi connectivity index (χ1v) is 8.01. The molecule has 6 heteroatoms. The molecule has 0 fully saturated rings. The molecular formula is C14H17FN2O2S. The van der Waals surface area contributed by atoms with Crippen molar-refractivity contribution in [3.05, 3.63) is 59.7 Å². The fourth-order valence-electron chi connectivity index (χ4n) is 1.88. The predicted octanol–water partition coefficient (Wildman–Crippen LogP) is 2.11. The molecule has 1 aromatic carbocycles. The second kappa shape index (κ2) is 6.19. The predicted molar refractivity (Wildman–Crippen MR) is 76.2 cm³/mol. The number of halogens is 1. The number of rotatable bonds is 6. The molecule has 0 unspecified atom stereocenters. The molecule has 1 heterocycles. The van der Waals surface area contributed by atoms with Gasteiger partial charge in [0.2, 0.25) is 10.0 Å². The molecule has 2 aromatic rings. The lowest BCUT2D eigenvalue weighted by molar-refractivity contribution is 0.579. The van der Waals surface area contributed by atoms with E-state index in [1.807, 2.05) is 29.0 Å². The third-order valence-electron chi connectivity index (χ3n) is 3.02. The summed E-state index contributed by atoms with van der Waals surface area (Å²) < 4.78 is 40.4. The van der Waals surface area contributed by atoms with Crippen molar-refractivity contribution in [1.82, 2.24) is 9.29 Å². The molecule has 0 bridgehead atoms. The Morgan fingerprint density at radius 2 is 2.05 bits per heavy atom. The maximum absolute atomic E-state index is 13.1. The summed E-state index contributed by atoms with van der Waals surface area (Å²) in [7, 11) is -3.22. The molecule has 2 rings (SSSR count). The van der Waals surface area contributed by atoms with Gasteiger partial charge in [-0.1, -0.05) is 12.1 Å². The van der Waals surface area contributed by atoms with Gasteiger partial charge in [-0.25, -0.2) is 17.5 Å². The lowest BCUT2D eigenvalue weighted by atomic mass is 10.2. The first kappa shape index (κ1) is 14.7. The minimum absolute atomic E-state index is 0.0532. The zero-order valence-corrected chi connectivity index (χ0v) is 12.0. The molecule has 1 aromatic heterocycles. The second-order valence-corrected chi connectivity index (χ2v) is 6.58. The van der Waals surface area contributed by atoms with Crippen molar-refractivity contribution in [2.75, 3.05) is 5.75 Å². The lowest BCUT2D eigenvalue weighted by Crippen LogP contribution is -2.25. The van der Waals surface area contributed by atoms with Gasteiger partial charge < -0.3 is 4.57 Å². The maximum Gasteiger partial charge on any atom is 0.211 e. The highest BCUT2D eigenvalue weighted by molar-refractivity contribution is 7.89. The summed E-state index contributed by atoms with van der Waals surface area (Å²) in [4.78, 5) is 0.